The molecule has 1 amide bonds. The molecule has 1 aliphatic carbocycles. The standard InChI is InChI=1S/C22H15F6N7O/c23-21(24,25)15-10-13(11-29-19(15)35-30-8-9-31-35)32-20(36)18-16(22(26,27)28)17(12-4-2-1-3-5-12)33-34(18)14-6-7-14/h1-5,8-11,14H,6-7H2,(H,32,36). The number of anilines is 1. The highest BCUT2D eigenvalue weighted by Crippen LogP contribution is 2.44. The van der Waals surface area contributed by atoms with Gasteiger partial charge in [0.15, 0.2) is 5.82 Å². The van der Waals surface area contributed by atoms with E-state index >= 15 is 0 Å². The largest absolute Gasteiger partial charge is 0.420 e. The Kier molecular flexibility index (Phi) is 5.53. The van der Waals surface area contributed by atoms with E-state index in [0.717, 1.165) is 23.3 Å². The van der Waals surface area contributed by atoms with Crippen molar-refractivity contribution >= 4 is 11.6 Å². The van der Waals surface area contributed by atoms with Gasteiger partial charge < -0.3 is 5.32 Å². The number of alkyl halides is 6. The molecule has 0 radical (unpaired) electrons. The monoisotopic (exact) mass is 507 g/mol. The number of aromatic nitrogens is 6. The Morgan fingerprint density at radius 2 is 1.64 bits per heavy atom. The second-order valence-corrected chi connectivity index (χ2v) is 7.98. The molecule has 14 heteroatoms. The molecule has 4 aromatic rings. The molecule has 5 rings (SSSR count). The Morgan fingerprint density at radius 1 is 0.972 bits per heavy atom. The smallest absolute Gasteiger partial charge is 0.319 e. The first-order valence-electron chi connectivity index (χ1n) is 10.5. The van der Waals surface area contributed by atoms with Crippen LogP contribution in [0.15, 0.2) is 55.0 Å². The number of hydrogen-bond acceptors (Lipinski definition) is 5. The molecule has 1 aliphatic rings. The summed E-state index contributed by atoms with van der Waals surface area (Å²) in [6, 6.07) is 7.68. The lowest BCUT2D eigenvalue weighted by Crippen LogP contribution is -2.23. The van der Waals surface area contributed by atoms with E-state index < -0.39 is 58.3 Å². The number of carbonyl (C=O) groups is 1. The molecule has 1 aromatic carbocycles. The molecule has 1 fully saturated rings. The number of benzene rings is 1. The average Bonchev–Trinajstić information content (AvgIpc) is 3.35. The Balaban J connectivity index is 1.59. The van der Waals surface area contributed by atoms with Crippen LogP contribution in [0.25, 0.3) is 17.1 Å². The van der Waals surface area contributed by atoms with Crippen LogP contribution in [0.3, 0.4) is 0 Å². The maximum Gasteiger partial charge on any atom is 0.420 e. The van der Waals surface area contributed by atoms with E-state index in [9.17, 15) is 31.1 Å². The van der Waals surface area contributed by atoms with Crippen molar-refractivity contribution in [2.45, 2.75) is 31.2 Å². The van der Waals surface area contributed by atoms with Gasteiger partial charge in [0.25, 0.3) is 5.91 Å². The molecule has 0 bridgehead atoms. The molecule has 36 heavy (non-hydrogen) atoms. The molecule has 8 nitrogen and oxygen atoms in total. The number of nitrogens with one attached hydrogen (secondary N) is 1. The lowest BCUT2D eigenvalue weighted by Gasteiger charge is -2.15. The minimum absolute atomic E-state index is 0.148. The van der Waals surface area contributed by atoms with Gasteiger partial charge in [-0.1, -0.05) is 30.3 Å². The third-order valence-corrected chi connectivity index (χ3v) is 5.39. The molecule has 1 N–H and O–H groups in total. The second-order valence-electron chi connectivity index (χ2n) is 7.98. The average molecular weight is 507 g/mol. The molecular formula is C22H15F6N7O. The van der Waals surface area contributed by atoms with Crippen molar-refractivity contribution in [2.24, 2.45) is 0 Å². The molecule has 1 saturated carbocycles. The van der Waals surface area contributed by atoms with Gasteiger partial charge in [0.2, 0.25) is 0 Å². The highest BCUT2D eigenvalue weighted by Gasteiger charge is 2.45. The molecule has 186 valence electrons. The van der Waals surface area contributed by atoms with Gasteiger partial charge in [0.1, 0.15) is 22.5 Å². The van der Waals surface area contributed by atoms with Gasteiger partial charge in [0.05, 0.1) is 30.3 Å². The van der Waals surface area contributed by atoms with Crippen molar-refractivity contribution in [3.8, 4) is 17.1 Å². The van der Waals surface area contributed by atoms with E-state index in [-0.39, 0.29) is 5.56 Å². The van der Waals surface area contributed by atoms with Crippen LogP contribution in [0.4, 0.5) is 32.0 Å². The number of rotatable bonds is 5. The van der Waals surface area contributed by atoms with E-state index in [2.05, 4.69) is 25.6 Å². The predicted octanol–water partition coefficient (Wildman–Crippen LogP) is 5.15. The number of hydrogen-bond donors (Lipinski definition) is 1. The molecule has 0 spiro atoms. The van der Waals surface area contributed by atoms with Crippen LogP contribution in [0, 0.1) is 0 Å². The predicted molar refractivity (Wildman–Crippen MR) is 113 cm³/mol. The first-order valence-corrected chi connectivity index (χ1v) is 10.5. The van der Waals surface area contributed by atoms with Crippen LogP contribution in [0.2, 0.25) is 0 Å². The minimum Gasteiger partial charge on any atom is -0.319 e. The van der Waals surface area contributed by atoms with Gasteiger partial charge in [-0.2, -0.15) is 41.6 Å². The lowest BCUT2D eigenvalue weighted by atomic mass is 10.0. The SMILES string of the molecule is O=C(Nc1cnc(-n2nccn2)c(C(F)(F)F)c1)c1c(C(F)(F)F)c(-c2ccccc2)nn1C1CC1. The summed E-state index contributed by atoms with van der Waals surface area (Å²) in [6.07, 6.45) is -5.66. The molecule has 3 heterocycles. The van der Waals surface area contributed by atoms with Gasteiger partial charge >= 0.3 is 12.4 Å². The number of halogens is 6. The van der Waals surface area contributed by atoms with E-state index in [0.29, 0.717) is 23.7 Å². The van der Waals surface area contributed by atoms with E-state index in [1.165, 1.54) is 24.3 Å². The van der Waals surface area contributed by atoms with E-state index in [1.54, 1.807) is 6.07 Å². The zero-order valence-electron chi connectivity index (χ0n) is 18.0. The lowest BCUT2D eigenvalue weighted by molar-refractivity contribution is -0.138. The second kappa shape index (κ2) is 8.46. The molecular weight excluding hydrogens is 492 g/mol. The molecule has 0 saturated heterocycles. The third-order valence-electron chi connectivity index (χ3n) is 5.39. The van der Waals surface area contributed by atoms with Crippen molar-refractivity contribution in [3.05, 3.63) is 71.8 Å². The first-order chi connectivity index (χ1) is 17.0. The maximum atomic E-state index is 14.2. The normalized spacial score (nSPS) is 14.2. The minimum atomic E-state index is -4.96. The Hall–Kier alpha value is -4.23. The zero-order valence-corrected chi connectivity index (χ0v) is 18.0. The van der Waals surface area contributed by atoms with Crippen LogP contribution in [-0.2, 0) is 12.4 Å². The topological polar surface area (TPSA) is 90.5 Å². The third kappa shape index (κ3) is 4.41. The molecule has 0 unspecified atom stereocenters. The van der Waals surface area contributed by atoms with Crippen molar-refractivity contribution in [1.82, 2.24) is 29.8 Å². The van der Waals surface area contributed by atoms with Crippen LogP contribution in [0.5, 0.6) is 0 Å². The van der Waals surface area contributed by atoms with Gasteiger partial charge in [-0.25, -0.2) is 4.98 Å². The van der Waals surface area contributed by atoms with Crippen LogP contribution < -0.4 is 5.32 Å². The summed E-state index contributed by atoms with van der Waals surface area (Å²) in [5.41, 5.74) is -4.08. The molecule has 0 aliphatic heterocycles. The zero-order chi connectivity index (χ0) is 25.7. The summed E-state index contributed by atoms with van der Waals surface area (Å²) in [5.74, 6) is -1.92. The summed E-state index contributed by atoms with van der Waals surface area (Å²) in [4.78, 5) is 17.5. The molecule has 0 atom stereocenters. The number of amides is 1. The van der Waals surface area contributed by atoms with Crippen LogP contribution >= 0.6 is 0 Å². The Labute approximate surface area is 198 Å². The van der Waals surface area contributed by atoms with Crippen molar-refractivity contribution in [2.75, 3.05) is 5.32 Å². The quantitative estimate of drug-likeness (QED) is 0.378. The summed E-state index contributed by atoms with van der Waals surface area (Å²) >= 11 is 0. The summed E-state index contributed by atoms with van der Waals surface area (Å²) in [7, 11) is 0. The van der Waals surface area contributed by atoms with Crippen molar-refractivity contribution in [1.29, 1.82) is 0 Å². The fourth-order valence-corrected chi connectivity index (χ4v) is 3.71. The van der Waals surface area contributed by atoms with Gasteiger partial charge in [0, 0.05) is 5.56 Å². The number of nitrogens with zero attached hydrogens (tertiary/aromatic N) is 6. The highest BCUT2D eigenvalue weighted by atomic mass is 19.4. The Bertz CT molecular complexity index is 1410. The summed E-state index contributed by atoms with van der Waals surface area (Å²) < 4.78 is 84.7. The van der Waals surface area contributed by atoms with E-state index in [4.69, 9.17) is 0 Å². The first kappa shape index (κ1) is 23.5. The maximum absolute atomic E-state index is 14.2. The van der Waals surface area contributed by atoms with Gasteiger partial charge in [-0.15, -0.1) is 4.80 Å². The van der Waals surface area contributed by atoms with Gasteiger partial charge in [-0.05, 0) is 18.9 Å². The fraction of sp³-hybridized carbons (Fsp3) is 0.227. The fourth-order valence-electron chi connectivity index (χ4n) is 3.71. The highest BCUT2D eigenvalue weighted by molar-refractivity contribution is 6.05. The number of pyridine rings is 1. The van der Waals surface area contributed by atoms with Crippen LogP contribution in [-0.4, -0.2) is 35.7 Å². The summed E-state index contributed by atoms with van der Waals surface area (Å²) in [5, 5.41) is 13.5. The summed E-state index contributed by atoms with van der Waals surface area (Å²) in [6.45, 7) is 0. The van der Waals surface area contributed by atoms with Crippen molar-refractivity contribution < 1.29 is 31.1 Å². The Morgan fingerprint density at radius 3 is 2.22 bits per heavy atom. The van der Waals surface area contributed by atoms with Gasteiger partial charge in [-0.3, -0.25) is 9.48 Å². The van der Waals surface area contributed by atoms with E-state index in [1.807, 2.05) is 0 Å². The molecule has 3 aromatic heterocycles. The number of carbonyl (C=O) groups excluding carboxylic acids is 1. The van der Waals surface area contributed by atoms with Crippen LogP contribution in [0.1, 0.15) is 40.5 Å². The van der Waals surface area contributed by atoms with Crippen molar-refractivity contribution in [3.63, 3.8) is 0 Å².